The molecule has 96 valence electrons. The summed E-state index contributed by atoms with van der Waals surface area (Å²) in [6.45, 7) is 2.05. The Labute approximate surface area is 123 Å². The van der Waals surface area contributed by atoms with Crippen LogP contribution in [0.15, 0.2) is 40.9 Å². The number of fused-ring (bicyclic) bond motifs is 1. The Bertz CT molecular complexity index is 737. The van der Waals surface area contributed by atoms with E-state index in [1.807, 2.05) is 43.3 Å². The van der Waals surface area contributed by atoms with Gasteiger partial charge in [-0.05, 0) is 41.1 Å². The first-order valence-electron chi connectivity index (χ1n) is 5.72. The van der Waals surface area contributed by atoms with Crippen molar-refractivity contribution in [3.8, 4) is 11.5 Å². The van der Waals surface area contributed by atoms with Crippen molar-refractivity contribution in [2.75, 3.05) is 5.73 Å². The summed E-state index contributed by atoms with van der Waals surface area (Å²) in [5.74, 6) is 1.58. The van der Waals surface area contributed by atoms with Gasteiger partial charge in [0.2, 0.25) is 0 Å². The number of nitrogens with zero attached hydrogens (tertiary/aromatic N) is 1. The van der Waals surface area contributed by atoms with E-state index >= 15 is 0 Å². The van der Waals surface area contributed by atoms with E-state index in [4.69, 9.17) is 10.5 Å². The van der Waals surface area contributed by atoms with Gasteiger partial charge in [-0.1, -0.05) is 29.0 Å². The molecule has 1 aromatic heterocycles. The topological polar surface area (TPSA) is 48.1 Å². The third-order valence-corrected chi connectivity index (χ3v) is 4.13. The van der Waals surface area contributed by atoms with Gasteiger partial charge in [-0.25, -0.2) is 4.98 Å². The Hall–Kier alpha value is -1.59. The molecule has 3 rings (SSSR count). The van der Waals surface area contributed by atoms with Gasteiger partial charge in [0.25, 0.3) is 0 Å². The van der Waals surface area contributed by atoms with Crippen LogP contribution in [0.5, 0.6) is 11.5 Å². The van der Waals surface area contributed by atoms with E-state index in [0.717, 1.165) is 26.2 Å². The highest BCUT2D eigenvalue weighted by atomic mass is 79.9. The average Bonchev–Trinajstić information content (AvgIpc) is 2.73. The summed E-state index contributed by atoms with van der Waals surface area (Å²) in [7, 11) is 0. The summed E-state index contributed by atoms with van der Waals surface area (Å²) >= 11 is 4.94. The largest absolute Gasteiger partial charge is 0.457 e. The second kappa shape index (κ2) is 4.83. The van der Waals surface area contributed by atoms with Crippen LogP contribution in [0.1, 0.15) is 5.56 Å². The second-order valence-electron chi connectivity index (χ2n) is 4.22. The maximum Gasteiger partial charge on any atom is 0.181 e. The first kappa shape index (κ1) is 12.4. The fourth-order valence-corrected chi connectivity index (χ4v) is 3.23. The molecule has 19 heavy (non-hydrogen) atoms. The van der Waals surface area contributed by atoms with Crippen molar-refractivity contribution in [2.24, 2.45) is 0 Å². The first-order chi connectivity index (χ1) is 9.11. The van der Waals surface area contributed by atoms with Gasteiger partial charge in [-0.2, -0.15) is 0 Å². The minimum atomic E-state index is 0.559. The van der Waals surface area contributed by atoms with Crippen molar-refractivity contribution in [1.29, 1.82) is 0 Å². The van der Waals surface area contributed by atoms with Gasteiger partial charge in [0.15, 0.2) is 5.13 Å². The predicted molar refractivity (Wildman–Crippen MR) is 83.0 cm³/mol. The number of hydrogen-bond donors (Lipinski definition) is 1. The highest BCUT2D eigenvalue weighted by Crippen LogP contribution is 2.35. The van der Waals surface area contributed by atoms with Crippen LogP contribution in [0.2, 0.25) is 0 Å². The monoisotopic (exact) mass is 334 g/mol. The second-order valence-corrected chi connectivity index (χ2v) is 6.14. The molecule has 0 saturated carbocycles. The molecule has 0 fully saturated rings. The Balaban J connectivity index is 1.98. The Kier molecular flexibility index (Phi) is 3.16. The number of nitrogens with two attached hydrogens (primary N) is 1. The number of halogens is 1. The summed E-state index contributed by atoms with van der Waals surface area (Å²) in [4.78, 5) is 4.27. The van der Waals surface area contributed by atoms with Crippen LogP contribution < -0.4 is 10.5 Å². The van der Waals surface area contributed by atoms with Crippen molar-refractivity contribution in [3.63, 3.8) is 0 Å². The fourth-order valence-electron chi connectivity index (χ4n) is 1.78. The van der Waals surface area contributed by atoms with E-state index in [0.29, 0.717) is 5.13 Å². The van der Waals surface area contributed by atoms with Crippen LogP contribution in [0.25, 0.3) is 10.2 Å². The molecule has 0 amide bonds. The van der Waals surface area contributed by atoms with Crippen molar-refractivity contribution >= 4 is 42.6 Å². The fraction of sp³-hybridized carbons (Fsp3) is 0.0714. The number of rotatable bonds is 2. The van der Waals surface area contributed by atoms with E-state index in [9.17, 15) is 0 Å². The van der Waals surface area contributed by atoms with Crippen LogP contribution in [-0.2, 0) is 0 Å². The lowest BCUT2D eigenvalue weighted by Crippen LogP contribution is -1.85. The number of ether oxygens (including phenoxy) is 1. The third-order valence-electron chi connectivity index (χ3n) is 2.70. The zero-order chi connectivity index (χ0) is 13.4. The highest BCUT2D eigenvalue weighted by molar-refractivity contribution is 9.10. The molecule has 2 aromatic carbocycles. The molecular formula is C14H11BrN2OS. The molecule has 0 radical (unpaired) electrons. The molecule has 5 heteroatoms. The number of aryl methyl sites for hydroxylation is 1. The van der Waals surface area contributed by atoms with Crippen molar-refractivity contribution < 1.29 is 4.74 Å². The van der Waals surface area contributed by atoms with Gasteiger partial charge in [0.05, 0.1) is 10.2 Å². The first-order valence-corrected chi connectivity index (χ1v) is 7.33. The molecule has 0 unspecified atom stereocenters. The van der Waals surface area contributed by atoms with Crippen LogP contribution in [0, 0.1) is 6.92 Å². The minimum absolute atomic E-state index is 0.559. The van der Waals surface area contributed by atoms with Gasteiger partial charge >= 0.3 is 0 Å². The van der Waals surface area contributed by atoms with E-state index in [1.165, 1.54) is 16.9 Å². The average molecular weight is 335 g/mol. The van der Waals surface area contributed by atoms with Crippen LogP contribution in [-0.4, -0.2) is 4.98 Å². The normalized spacial score (nSPS) is 10.8. The standard InChI is InChI=1S/C14H11BrN2OS/c1-8-2-4-9(5-3-8)18-10-6-11(15)13-12(7-10)19-14(16)17-13/h2-7H,1H3,(H2,16,17). The minimum Gasteiger partial charge on any atom is -0.457 e. The molecule has 0 aliphatic heterocycles. The maximum atomic E-state index is 5.84. The number of hydrogen-bond acceptors (Lipinski definition) is 4. The van der Waals surface area contributed by atoms with Gasteiger partial charge in [-0.3, -0.25) is 0 Å². The number of benzene rings is 2. The number of anilines is 1. The van der Waals surface area contributed by atoms with Crippen LogP contribution in [0.4, 0.5) is 5.13 Å². The lowest BCUT2D eigenvalue weighted by molar-refractivity contribution is 0.483. The van der Waals surface area contributed by atoms with Gasteiger partial charge < -0.3 is 10.5 Å². The zero-order valence-electron chi connectivity index (χ0n) is 10.2. The molecule has 3 nitrogen and oxygen atoms in total. The van der Waals surface area contributed by atoms with Gasteiger partial charge in [-0.15, -0.1) is 0 Å². The molecule has 1 heterocycles. The Morgan fingerprint density at radius 2 is 1.89 bits per heavy atom. The number of nitrogen functional groups attached to an aromatic ring is 1. The predicted octanol–water partition coefficient (Wildman–Crippen LogP) is 4.74. The molecule has 0 spiro atoms. The molecular weight excluding hydrogens is 324 g/mol. The van der Waals surface area contributed by atoms with Gasteiger partial charge in [0, 0.05) is 10.5 Å². The van der Waals surface area contributed by atoms with Crippen LogP contribution in [0.3, 0.4) is 0 Å². The van der Waals surface area contributed by atoms with Crippen molar-refractivity contribution in [1.82, 2.24) is 4.98 Å². The Morgan fingerprint density at radius 1 is 1.16 bits per heavy atom. The molecule has 0 aliphatic carbocycles. The van der Waals surface area contributed by atoms with Crippen molar-refractivity contribution in [2.45, 2.75) is 6.92 Å². The quantitative estimate of drug-likeness (QED) is 0.736. The lowest BCUT2D eigenvalue weighted by Gasteiger charge is -2.06. The van der Waals surface area contributed by atoms with Gasteiger partial charge in [0.1, 0.15) is 11.5 Å². The summed E-state index contributed by atoms with van der Waals surface area (Å²) in [6, 6.07) is 11.8. The molecule has 0 bridgehead atoms. The summed E-state index contributed by atoms with van der Waals surface area (Å²) < 4.78 is 7.74. The molecule has 0 aliphatic rings. The third kappa shape index (κ3) is 2.57. The molecule has 3 aromatic rings. The van der Waals surface area contributed by atoms with E-state index in [2.05, 4.69) is 20.9 Å². The molecule has 0 atom stereocenters. The smallest absolute Gasteiger partial charge is 0.181 e. The van der Waals surface area contributed by atoms with E-state index in [-0.39, 0.29) is 0 Å². The number of aromatic nitrogens is 1. The number of thiazole rings is 1. The lowest BCUT2D eigenvalue weighted by atomic mass is 10.2. The Morgan fingerprint density at radius 3 is 2.63 bits per heavy atom. The summed E-state index contributed by atoms with van der Waals surface area (Å²) in [5.41, 5.74) is 7.81. The SMILES string of the molecule is Cc1ccc(Oc2cc(Br)c3nc(N)sc3c2)cc1. The van der Waals surface area contributed by atoms with Crippen LogP contribution >= 0.6 is 27.3 Å². The summed E-state index contributed by atoms with van der Waals surface area (Å²) in [6.07, 6.45) is 0. The molecule has 0 saturated heterocycles. The van der Waals surface area contributed by atoms with Crippen molar-refractivity contribution in [3.05, 3.63) is 46.4 Å². The summed E-state index contributed by atoms with van der Waals surface area (Å²) in [5, 5.41) is 0.559. The highest BCUT2D eigenvalue weighted by Gasteiger charge is 2.08. The van der Waals surface area contributed by atoms with E-state index < -0.39 is 0 Å². The maximum absolute atomic E-state index is 5.84. The van der Waals surface area contributed by atoms with E-state index in [1.54, 1.807) is 0 Å². The molecule has 2 N–H and O–H groups in total. The zero-order valence-corrected chi connectivity index (χ0v) is 12.6.